The van der Waals surface area contributed by atoms with Gasteiger partial charge in [-0.25, -0.2) is 4.79 Å². The highest BCUT2D eigenvalue weighted by Crippen LogP contribution is 2.25. The van der Waals surface area contributed by atoms with E-state index in [0.717, 1.165) is 5.56 Å². The molecule has 1 aromatic carbocycles. The van der Waals surface area contributed by atoms with E-state index in [1.807, 2.05) is 24.3 Å². The Morgan fingerprint density at radius 2 is 2.06 bits per heavy atom. The number of nitriles is 1. The smallest absolute Gasteiger partial charge is 0.350 e. The molecule has 0 aromatic heterocycles. The Morgan fingerprint density at radius 3 is 2.56 bits per heavy atom. The fourth-order valence-corrected chi connectivity index (χ4v) is 1.63. The molecule has 0 heterocycles. The van der Waals surface area contributed by atoms with E-state index in [2.05, 4.69) is 15.9 Å². The molecule has 0 amide bonds. The van der Waals surface area contributed by atoms with Gasteiger partial charge in [0.1, 0.15) is 6.07 Å². The lowest BCUT2D eigenvalue weighted by Gasteiger charge is -2.03. The molecule has 0 radical (unpaired) electrons. The molecule has 0 fully saturated rings. The maximum atomic E-state index is 11.5. The molecule has 0 saturated heterocycles. The predicted octanol–water partition coefficient (Wildman–Crippen LogP) is 2.88. The summed E-state index contributed by atoms with van der Waals surface area (Å²) in [7, 11) is 0. The molecule has 0 spiro atoms. The summed E-state index contributed by atoms with van der Waals surface area (Å²) in [5, 5.41) is 8.92. The van der Waals surface area contributed by atoms with Crippen LogP contribution in [0.1, 0.15) is 12.5 Å². The van der Waals surface area contributed by atoms with Crippen LogP contribution in [0.3, 0.4) is 0 Å². The molecule has 16 heavy (non-hydrogen) atoms. The van der Waals surface area contributed by atoms with E-state index in [1.54, 1.807) is 19.1 Å². The van der Waals surface area contributed by atoms with E-state index in [-0.39, 0.29) is 12.2 Å². The average Bonchev–Trinajstić information content (AvgIpc) is 2.31. The van der Waals surface area contributed by atoms with Crippen LogP contribution >= 0.6 is 15.9 Å². The molecule has 0 N–H and O–H groups in total. The zero-order chi connectivity index (χ0) is 12.0. The Morgan fingerprint density at radius 1 is 1.44 bits per heavy atom. The molecule has 0 bridgehead atoms. The van der Waals surface area contributed by atoms with Gasteiger partial charge in [-0.05, 0) is 28.4 Å². The molecular weight excluding hydrogens is 270 g/mol. The predicted molar refractivity (Wildman–Crippen MR) is 64.5 cm³/mol. The summed E-state index contributed by atoms with van der Waals surface area (Å²) >= 11 is 3.24. The number of nitrogens with zero attached hydrogens (tertiary/aromatic N) is 1. The van der Waals surface area contributed by atoms with Crippen LogP contribution in [0, 0.1) is 11.3 Å². The fourth-order valence-electron chi connectivity index (χ4n) is 1.12. The highest BCUT2D eigenvalue weighted by atomic mass is 79.9. The van der Waals surface area contributed by atoms with Crippen molar-refractivity contribution in [3.63, 3.8) is 0 Å². The maximum absolute atomic E-state index is 11.5. The topological polar surface area (TPSA) is 50.1 Å². The van der Waals surface area contributed by atoms with Crippen LogP contribution < -0.4 is 0 Å². The van der Waals surface area contributed by atoms with Gasteiger partial charge in [-0.2, -0.15) is 5.26 Å². The highest BCUT2D eigenvalue weighted by molar-refractivity contribution is 9.15. The van der Waals surface area contributed by atoms with Crippen molar-refractivity contribution >= 4 is 26.4 Å². The van der Waals surface area contributed by atoms with Gasteiger partial charge in [0.2, 0.25) is 0 Å². The monoisotopic (exact) mass is 279 g/mol. The van der Waals surface area contributed by atoms with Crippen molar-refractivity contribution in [2.75, 3.05) is 6.61 Å². The van der Waals surface area contributed by atoms with Gasteiger partial charge in [0, 0.05) is 4.48 Å². The van der Waals surface area contributed by atoms with Gasteiger partial charge in [0.05, 0.1) is 6.61 Å². The van der Waals surface area contributed by atoms with Crippen molar-refractivity contribution in [2.24, 2.45) is 0 Å². The number of esters is 1. The number of hydrogen-bond donors (Lipinski definition) is 0. The summed E-state index contributed by atoms with van der Waals surface area (Å²) < 4.78 is 5.24. The molecule has 0 aliphatic rings. The molecule has 82 valence electrons. The lowest BCUT2D eigenvalue weighted by molar-refractivity contribution is -0.137. The first-order valence-electron chi connectivity index (χ1n) is 4.73. The van der Waals surface area contributed by atoms with Crippen molar-refractivity contribution in [1.82, 2.24) is 0 Å². The number of ether oxygens (including phenoxy) is 1. The first-order chi connectivity index (χ1) is 7.70. The van der Waals surface area contributed by atoms with Crippen LogP contribution in [0.15, 0.2) is 35.9 Å². The van der Waals surface area contributed by atoms with Crippen molar-refractivity contribution in [3.8, 4) is 6.07 Å². The van der Waals surface area contributed by atoms with Gasteiger partial charge >= 0.3 is 5.97 Å². The Labute approximate surface area is 102 Å². The molecule has 4 heteroatoms. The summed E-state index contributed by atoms with van der Waals surface area (Å²) in [6, 6.07) is 11.0. The van der Waals surface area contributed by atoms with Gasteiger partial charge in [0.25, 0.3) is 0 Å². The van der Waals surface area contributed by atoms with Crippen LogP contribution in [0.4, 0.5) is 0 Å². The first-order valence-corrected chi connectivity index (χ1v) is 5.52. The highest BCUT2D eigenvalue weighted by Gasteiger charge is 2.15. The molecule has 3 nitrogen and oxygen atoms in total. The summed E-state index contributed by atoms with van der Waals surface area (Å²) in [6.45, 7) is 1.95. The standard InChI is InChI=1S/C12H10BrNO2/c1-2-16-12(15)10(8-14)11(13)9-6-4-3-5-7-9/h3-7H,2H2,1H3/b11-10-. The second-order valence-electron chi connectivity index (χ2n) is 2.89. The van der Waals surface area contributed by atoms with E-state index in [1.165, 1.54) is 0 Å². The summed E-state index contributed by atoms with van der Waals surface area (Å²) in [5.41, 5.74) is 0.750. The maximum Gasteiger partial charge on any atom is 0.350 e. The summed E-state index contributed by atoms with van der Waals surface area (Å²) in [4.78, 5) is 11.5. The molecule has 0 unspecified atom stereocenters. The van der Waals surface area contributed by atoms with Gasteiger partial charge < -0.3 is 4.74 Å². The number of rotatable bonds is 3. The Hall–Kier alpha value is -1.60. The minimum absolute atomic E-state index is 0.0203. The average molecular weight is 280 g/mol. The molecule has 1 aromatic rings. The molecule has 0 atom stereocenters. The van der Waals surface area contributed by atoms with Gasteiger partial charge in [0.15, 0.2) is 5.57 Å². The largest absolute Gasteiger partial charge is 0.462 e. The van der Waals surface area contributed by atoms with E-state index >= 15 is 0 Å². The van der Waals surface area contributed by atoms with Crippen LogP contribution in [0.5, 0.6) is 0 Å². The molecule has 1 rings (SSSR count). The number of hydrogen-bond acceptors (Lipinski definition) is 3. The second-order valence-corrected chi connectivity index (χ2v) is 3.68. The third kappa shape index (κ3) is 2.94. The lowest BCUT2D eigenvalue weighted by atomic mass is 10.1. The van der Waals surface area contributed by atoms with Crippen molar-refractivity contribution in [1.29, 1.82) is 5.26 Å². The van der Waals surface area contributed by atoms with Crippen LogP contribution in [0.2, 0.25) is 0 Å². The molecule has 0 aliphatic carbocycles. The third-order valence-corrected chi connectivity index (χ3v) is 2.69. The Balaban J connectivity index is 3.11. The molecule has 0 saturated carbocycles. The number of carbonyl (C=O) groups excluding carboxylic acids is 1. The Kier molecular flexibility index (Phi) is 4.74. The normalized spacial score (nSPS) is 11.3. The van der Waals surface area contributed by atoms with Gasteiger partial charge in [-0.3, -0.25) is 0 Å². The number of halogens is 1. The van der Waals surface area contributed by atoms with E-state index < -0.39 is 5.97 Å². The second kappa shape index (κ2) is 6.09. The van der Waals surface area contributed by atoms with Gasteiger partial charge in [-0.15, -0.1) is 0 Å². The van der Waals surface area contributed by atoms with Crippen LogP contribution in [-0.2, 0) is 9.53 Å². The quantitative estimate of drug-likeness (QED) is 0.486. The summed E-state index contributed by atoms with van der Waals surface area (Å²) in [5.74, 6) is -0.610. The van der Waals surface area contributed by atoms with E-state index in [4.69, 9.17) is 10.00 Å². The minimum Gasteiger partial charge on any atom is -0.462 e. The zero-order valence-electron chi connectivity index (χ0n) is 8.74. The third-order valence-electron chi connectivity index (χ3n) is 1.84. The zero-order valence-corrected chi connectivity index (χ0v) is 10.3. The lowest BCUT2D eigenvalue weighted by Crippen LogP contribution is -2.07. The van der Waals surface area contributed by atoms with E-state index in [9.17, 15) is 4.79 Å². The van der Waals surface area contributed by atoms with Crippen molar-refractivity contribution in [2.45, 2.75) is 6.92 Å². The minimum atomic E-state index is -0.610. The number of benzene rings is 1. The number of carbonyl (C=O) groups is 1. The van der Waals surface area contributed by atoms with Gasteiger partial charge in [-0.1, -0.05) is 30.3 Å². The van der Waals surface area contributed by atoms with Crippen molar-refractivity contribution < 1.29 is 9.53 Å². The summed E-state index contributed by atoms with van der Waals surface area (Å²) in [6.07, 6.45) is 0. The van der Waals surface area contributed by atoms with Crippen LogP contribution in [0.25, 0.3) is 4.48 Å². The SMILES string of the molecule is CCOC(=O)/C(C#N)=C(\Br)c1ccccc1. The molecular formula is C12H10BrNO2. The van der Waals surface area contributed by atoms with Crippen LogP contribution in [-0.4, -0.2) is 12.6 Å². The fraction of sp³-hybridized carbons (Fsp3) is 0.167. The first kappa shape index (κ1) is 12.5. The molecule has 0 aliphatic heterocycles. The van der Waals surface area contributed by atoms with Crippen molar-refractivity contribution in [3.05, 3.63) is 41.5 Å². The Bertz CT molecular complexity index is 446. The van der Waals surface area contributed by atoms with E-state index in [0.29, 0.717) is 4.48 Å².